The third-order valence-electron chi connectivity index (χ3n) is 3.63. The standard InChI is InChI=1S/C14H21ClN2O/c1-10-7-12(15)3-4-14(10)17-11(2)5-6-16-8-13(17)9-18/h3-4,7,11,13,16,18H,5-6,8-9H2,1-2H3. The summed E-state index contributed by atoms with van der Waals surface area (Å²) in [6.45, 7) is 6.27. The van der Waals surface area contributed by atoms with E-state index in [0.29, 0.717) is 6.04 Å². The first kappa shape index (κ1) is 13.7. The minimum atomic E-state index is 0.127. The molecule has 2 unspecified atom stereocenters. The van der Waals surface area contributed by atoms with Crippen LogP contribution in [-0.4, -0.2) is 36.9 Å². The number of hydrogen-bond donors (Lipinski definition) is 2. The van der Waals surface area contributed by atoms with Crippen molar-refractivity contribution in [1.29, 1.82) is 0 Å². The molecule has 1 aliphatic heterocycles. The molecule has 0 aliphatic carbocycles. The summed E-state index contributed by atoms with van der Waals surface area (Å²) >= 11 is 6.01. The van der Waals surface area contributed by atoms with E-state index in [-0.39, 0.29) is 12.6 Å². The van der Waals surface area contributed by atoms with Gasteiger partial charge in [-0.15, -0.1) is 0 Å². The summed E-state index contributed by atoms with van der Waals surface area (Å²) < 4.78 is 0. The quantitative estimate of drug-likeness (QED) is 0.863. The Morgan fingerprint density at radius 2 is 2.28 bits per heavy atom. The normalized spacial score (nSPS) is 25.0. The maximum atomic E-state index is 9.60. The second kappa shape index (κ2) is 5.91. The van der Waals surface area contributed by atoms with Gasteiger partial charge in [0.2, 0.25) is 0 Å². The minimum absolute atomic E-state index is 0.127. The fourth-order valence-electron chi connectivity index (χ4n) is 2.67. The van der Waals surface area contributed by atoms with Gasteiger partial charge in [-0.2, -0.15) is 0 Å². The zero-order valence-electron chi connectivity index (χ0n) is 11.0. The highest BCUT2D eigenvalue weighted by molar-refractivity contribution is 6.30. The molecule has 1 fully saturated rings. The predicted octanol–water partition coefficient (Wildman–Crippen LogP) is 2.20. The van der Waals surface area contributed by atoms with Crippen molar-refractivity contribution < 1.29 is 5.11 Å². The lowest BCUT2D eigenvalue weighted by Crippen LogP contribution is -2.46. The van der Waals surface area contributed by atoms with Crippen molar-refractivity contribution >= 4 is 17.3 Å². The zero-order chi connectivity index (χ0) is 13.1. The number of nitrogens with one attached hydrogen (secondary N) is 1. The highest BCUT2D eigenvalue weighted by Crippen LogP contribution is 2.28. The van der Waals surface area contributed by atoms with E-state index in [2.05, 4.69) is 30.1 Å². The second-order valence-corrected chi connectivity index (χ2v) is 5.45. The van der Waals surface area contributed by atoms with Gasteiger partial charge in [0.25, 0.3) is 0 Å². The van der Waals surface area contributed by atoms with Crippen LogP contribution in [0.4, 0.5) is 5.69 Å². The average molecular weight is 269 g/mol. The van der Waals surface area contributed by atoms with Crippen molar-refractivity contribution in [3.05, 3.63) is 28.8 Å². The van der Waals surface area contributed by atoms with Crippen LogP contribution < -0.4 is 10.2 Å². The first-order valence-electron chi connectivity index (χ1n) is 6.49. The first-order valence-corrected chi connectivity index (χ1v) is 6.87. The molecule has 2 rings (SSSR count). The van der Waals surface area contributed by atoms with Gasteiger partial charge >= 0.3 is 0 Å². The van der Waals surface area contributed by atoms with E-state index in [9.17, 15) is 5.11 Å². The third-order valence-corrected chi connectivity index (χ3v) is 3.87. The molecule has 1 aromatic rings. The Hall–Kier alpha value is -0.770. The van der Waals surface area contributed by atoms with Gasteiger partial charge in [-0.3, -0.25) is 0 Å². The number of benzene rings is 1. The molecule has 0 radical (unpaired) electrons. The molecule has 1 aromatic carbocycles. The lowest BCUT2D eigenvalue weighted by atomic mass is 10.1. The van der Waals surface area contributed by atoms with Crippen LogP contribution in [0.1, 0.15) is 18.9 Å². The monoisotopic (exact) mass is 268 g/mol. The molecule has 0 saturated carbocycles. The number of aliphatic hydroxyl groups is 1. The van der Waals surface area contributed by atoms with Gasteiger partial charge in [0.1, 0.15) is 0 Å². The Bertz CT molecular complexity index is 411. The van der Waals surface area contributed by atoms with Gasteiger partial charge in [-0.05, 0) is 50.6 Å². The molecule has 0 spiro atoms. The molecule has 2 atom stereocenters. The largest absolute Gasteiger partial charge is 0.394 e. The SMILES string of the molecule is Cc1cc(Cl)ccc1N1C(C)CCNCC1CO. The molecular formula is C14H21ClN2O. The maximum absolute atomic E-state index is 9.60. The number of aryl methyl sites for hydroxylation is 1. The number of aliphatic hydroxyl groups excluding tert-OH is 1. The molecule has 0 bridgehead atoms. The van der Waals surface area contributed by atoms with Gasteiger partial charge < -0.3 is 15.3 Å². The summed E-state index contributed by atoms with van der Waals surface area (Å²) in [7, 11) is 0. The van der Waals surface area contributed by atoms with Gasteiger partial charge in [-0.25, -0.2) is 0 Å². The molecule has 1 heterocycles. The van der Waals surface area contributed by atoms with E-state index in [1.54, 1.807) is 0 Å². The summed E-state index contributed by atoms with van der Waals surface area (Å²) in [6, 6.07) is 6.50. The summed E-state index contributed by atoms with van der Waals surface area (Å²) in [5, 5.41) is 13.7. The minimum Gasteiger partial charge on any atom is -0.394 e. The Labute approximate surface area is 114 Å². The highest BCUT2D eigenvalue weighted by atomic mass is 35.5. The molecule has 0 amide bonds. The van der Waals surface area contributed by atoms with Crippen LogP contribution in [-0.2, 0) is 0 Å². The molecule has 18 heavy (non-hydrogen) atoms. The number of anilines is 1. The van der Waals surface area contributed by atoms with Crippen molar-refractivity contribution in [2.75, 3.05) is 24.6 Å². The molecule has 1 saturated heterocycles. The lowest BCUT2D eigenvalue weighted by Gasteiger charge is -2.36. The van der Waals surface area contributed by atoms with Crippen molar-refractivity contribution in [1.82, 2.24) is 5.32 Å². The molecule has 100 valence electrons. The van der Waals surface area contributed by atoms with Crippen molar-refractivity contribution in [3.8, 4) is 0 Å². The van der Waals surface area contributed by atoms with Crippen molar-refractivity contribution in [2.24, 2.45) is 0 Å². The highest BCUT2D eigenvalue weighted by Gasteiger charge is 2.26. The van der Waals surface area contributed by atoms with Gasteiger partial charge in [0.05, 0.1) is 12.6 Å². The summed E-state index contributed by atoms with van der Waals surface area (Å²) in [5.74, 6) is 0. The van der Waals surface area contributed by atoms with E-state index in [1.807, 2.05) is 12.1 Å². The van der Waals surface area contributed by atoms with Crippen LogP contribution in [0.5, 0.6) is 0 Å². The molecule has 1 aliphatic rings. The maximum Gasteiger partial charge on any atom is 0.0648 e. The van der Waals surface area contributed by atoms with Crippen LogP contribution in [0.15, 0.2) is 18.2 Å². The van der Waals surface area contributed by atoms with Gasteiger partial charge in [-0.1, -0.05) is 11.6 Å². The Balaban J connectivity index is 2.36. The van der Waals surface area contributed by atoms with Crippen LogP contribution in [0.25, 0.3) is 0 Å². The fraction of sp³-hybridized carbons (Fsp3) is 0.571. The molecule has 0 aromatic heterocycles. The van der Waals surface area contributed by atoms with E-state index in [0.717, 1.165) is 30.1 Å². The molecule has 3 nitrogen and oxygen atoms in total. The number of nitrogens with zero attached hydrogens (tertiary/aromatic N) is 1. The van der Waals surface area contributed by atoms with E-state index < -0.39 is 0 Å². The summed E-state index contributed by atoms with van der Waals surface area (Å²) in [4.78, 5) is 2.33. The number of hydrogen-bond acceptors (Lipinski definition) is 3. The first-order chi connectivity index (χ1) is 8.63. The van der Waals surface area contributed by atoms with Crippen LogP contribution in [0.2, 0.25) is 5.02 Å². The van der Waals surface area contributed by atoms with Crippen LogP contribution in [0, 0.1) is 6.92 Å². The molecular weight excluding hydrogens is 248 g/mol. The topological polar surface area (TPSA) is 35.5 Å². The van der Waals surface area contributed by atoms with Crippen molar-refractivity contribution in [3.63, 3.8) is 0 Å². The molecule has 4 heteroatoms. The fourth-order valence-corrected chi connectivity index (χ4v) is 2.90. The summed E-state index contributed by atoms with van der Waals surface area (Å²) in [5.41, 5.74) is 2.34. The lowest BCUT2D eigenvalue weighted by molar-refractivity contribution is 0.255. The predicted molar refractivity (Wildman–Crippen MR) is 76.5 cm³/mol. The summed E-state index contributed by atoms with van der Waals surface area (Å²) in [6.07, 6.45) is 1.08. The Morgan fingerprint density at radius 3 is 2.94 bits per heavy atom. The number of rotatable bonds is 2. The zero-order valence-corrected chi connectivity index (χ0v) is 11.7. The third kappa shape index (κ3) is 2.79. The van der Waals surface area contributed by atoms with E-state index >= 15 is 0 Å². The van der Waals surface area contributed by atoms with Gasteiger partial charge in [0.15, 0.2) is 0 Å². The van der Waals surface area contributed by atoms with Crippen LogP contribution >= 0.6 is 11.6 Å². The van der Waals surface area contributed by atoms with Gasteiger partial charge in [0, 0.05) is 23.3 Å². The Morgan fingerprint density at radius 1 is 1.50 bits per heavy atom. The van der Waals surface area contributed by atoms with Crippen LogP contribution in [0.3, 0.4) is 0 Å². The molecule has 2 N–H and O–H groups in total. The Kier molecular flexibility index (Phi) is 4.49. The smallest absolute Gasteiger partial charge is 0.0648 e. The van der Waals surface area contributed by atoms with Crippen molar-refractivity contribution in [2.45, 2.75) is 32.4 Å². The number of halogens is 1. The van der Waals surface area contributed by atoms with E-state index in [4.69, 9.17) is 11.6 Å². The average Bonchev–Trinajstić information content (AvgIpc) is 2.51. The van der Waals surface area contributed by atoms with E-state index in [1.165, 1.54) is 5.69 Å². The second-order valence-electron chi connectivity index (χ2n) is 5.02.